The van der Waals surface area contributed by atoms with Crippen LogP contribution in [0.2, 0.25) is 0 Å². The van der Waals surface area contributed by atoms with Crippen molar-refractivity contribution in [2.75, 3.05) is 13.1 Å². The molecule has 0 saturated heterocycles. The first-order valence-electron chi connectivity index (χ1n) is 3.41. The Morgan fingerprint density at radius 3 is 1.54 bits per heavy atom. The molecule has 2 N–H and O–H groups in total. The average molecular weight is 218 g/mol. The van der Waals surface area contributed by atoms with Crippen LogP contribution in [0.25, 0.3) is 0 Å². The van der Waals surface area contributed by atoms with Crippen LogP contribution in [-0.4, -0.2) is 28.5 Å². The summed E-state index contributed by atoms with van der Waals surface area (Å²) in [6.45, 7) is 5.35. The Morgan fingerprint density at radius 2 is 1.54 bits per heavy atom. The predicted molar refractivity (Wildman–Crippen MR) is 57.0 cm³/mol. The summed E-state index contributed by atoms with van der Waals surface area (Å²) in [5.41, 5.74) is 4.34. The summed E-state index contributed by atoms with van der Waals surface area (Å²) in [5, 5.41) is -0.782. The van der Waals surface area contributed by atoms with Gasteiger partial charge in [0, 0.05) is 13.1 Å². The number of rotatable bonds is 2. The second-order valence-corrected chi connectivity index (χ2v) is 2.62. The summed E-state index contributed by atoms with van der Waals surface area (Å²) in [6, 6.07) is 0. The van der Waals surface area contributed by atoms with Gasteiger partial charge in [0.25, 0.3) is 10.5 Å². The van der Waals surface area contributed by atoms with E-state index < -0.39 is 5.24 Å². The first kappa shape index (κ1) is 18.9. The molecular formula is C6H15LiN2O2S2. The molecule has 0 heterocycles. The fraction of sp³-hybridized carbons (Fsp3) is 0.667. The fourth-order valence-electron chi connectivity index (χ4n) is 0.494. The molecule has 0 aromatic heterocycles. The van der Waals surface area contributed by atoms with Gasteiger partial charge in [0.2, 0.25) is 0 Å². The van der Waals surface area contributed by atoms with Crippen molar-refractivity contribution in [1.82, 2.24) is 4.90 Å². The molecule has 7 heteroatoms. The van der Waals surface area contributed by atoms with E-state index in [0.29, 0.717) is 0 Å². The molecule has 0 aromatic rings. The van der Waals surface area contributed by atoms with Crippen LogP contribution < -0.4 is 24.6 Å². The topological polar surface area (TPSA) is 63.4 Å². The van der Waals surface area contributed by atoms with E-state index in [-0.39, 0.29) is 25.5 Å². The third-order valence-electron chi connectivity index (χ3n) is 1.03. The summed E-state index contributed by atoms with van der Waals surface area (Å²) < 4.78 is 0. The molecule has 0 aromatic carbocycles. The molecule has 4 nitrogen and oxygen atoms in total. The van der Waals surface area contributed by atoms with Crippen molar-refractivity contribution in [3.05, 3.63) is 0 Å². The number of thiol groups is 2. The van der Waals surface area contributed by atoms with E-state index in [9.17, 15) is 4.79 Å². The van der Waals surface area contributed by atoms with Crippen LogP contribution in [0.3, 0.4) is 0 Å². The second-order valence-electron chi connectivity index (χ2n) is 1.79. The monoisotopic (exact) mass is 218 g/mol. The van der Waals surface area contributed by atoms with Gasteiger partial charge in [-0.15, -0.1) is 0 Å². The zero-order valence-corrected chi connectivity index (χ0v) is 9.94. The molecule has 0 aliphatic rings. The molecule has 0 saturated carbocycles. The molecule has 0 atom stereocenters. The third kappa shape index (κ3) is 18.9. The number of primary amides is 1. The number of nitrogens with zero attached hydrogens (tertiary/aromatic N) is 1. The van der Waals surface area contributed by atoms with Gasteiger partial charge < -0.3 is 12.1 Å². The molecule has 0 spiro atoms. The van der Waals surface area contributed by atoms with Crippen molar-refractivity contribution in [1.29, 1.82) is 0 Å². The first-order chi connectivity index (χ1) is 5.45. The number of carbonyl (C=O) groups excluding carboxylic acids is 2. The number of hydrogen-bond acceptors (Lipinski definition) is 2. The van der Waals surface area contributed by atoms with Crippen LogP contribution in [0.4, 0.5) is 9.59 Å². The van der Waals surface area contributed by atoms with Crippen molar-refractivity contribution < 1.29 is 29.9 Å². The van der Waals surface area contributed by atoms with Gasteiger partial charge in [0.1, 0.15) is 0 Å². The Kier molecular flexibility index (Phi) is 17.8. The first-order valence-corrected chi connectivity index (χ1v) is 4.31. The predicted octanol–water partition coefficient (Wildman–Crippen LogP) is -1.51. The summed E-state index contributed by atoms with van der Waals surface area (Å²) in [6.07, 6.45) is 0. The second kappa shape index (κ2) is 12.2. The zero-order chi connectivity index (χ0) is 10.1. The van der Waals surface area contributed by atoms with Gasteiger partial charge in [0.15, 0.2) is 0 Å². The molecule has 0 unspecified atom stereocenters. The molecule has 0 radical (unpaired) electrons. The molecule has 74 valence electrons. The van der Waals surface area contributed by atoms with E-state index in [1.54, 1.807) is 4.90 Å². The minimum absolute atomic E-state index is 0. The van der Waals surface area contributed by atoms with Gasteiger partial charge in [0.05, 0.1) is 0 Å². The van der Waals surface area contributed by atoms with Gasteiger partial charge in [-0.05, 0) is 13.8 Å². The maximum Gasteiger partial charge on any atom is 1.00 e. The fourth-order valence-corrected chi connectivity index (χ4v) is 0.777. The minimum atomic E-state index is -0.639. The largest absolute Gasteiger partial charge is 1.00 e. The summed E-state index contributed by atoms with van der Waals surface area (Å²) in [5.74, 6) is 0. The Labute approximate surface area is 103 Å². The smallest absolute Gasteiger partial charge is 1.00 e. The number of nitrogens with two attached hydrogens (primary N) is 1. The Hall–Kier alpha value is 0.237. The Balaban J connectivity index is -0.0000000733. The molecule has 0 aliphatic carbocycles. The van der Waals surface area contributed by atoms with Crippen LogP contribution >= 0.6 is 25.3 Å². The van der Waals surface area contributed by atoms with Crippen LogP contribution in [-0.2, 0) is 0 Å². The SMILES string of the molecule is CCN(CC)C(=O)S.NC(=O)S.[H-].[Li+]. The summed E-state index contributed by atoms with van der Waals surface area (Å²) in [7, 11) is 0. The summed E-state index contributed by atoms with van der Waals surface area (Å²) in [4.78, 5) is 21.1. The number of amides is 2. The quantitative estimate of drug-likeness (QED) is 0.390. The molecule has 0 fully saturated rings. The maximum atomic E-state index is 10.4. The molecular weight excluding hydrogens is 203 g/mol. The molecule has 0 aliphatic heterocycles. The van der Waals surface area contributed by atoms with Gasteiger partial charge in [-0.25, -0.2) is 0 Å². The third-order valence-corrected chi connectivity index (χ3v) is 1.32. The minimum Gasteiger partial charge on any atom is -1.00 e. The van der Waals surface area contributed by atoms with E-state index in [0.717, 1.165) is 13.1 Å². The van der Waals surface area contributed by atoms with Gasteiger partial charge >= 0.3 is 18.9 Å². The maximum absolute atomic E-state index is 10.4. The summed E-state index contributed by atoms with van der Waals surface area (Å²) >= 11 is 6.75. The van der Waals surface area contributed by atoms with Crippen molar-refractivity contribution >= 4 is 35.7 Å². The molecule has 13 heavy (non-hydrogen) atoms. The Bertz CT molecular complexity index is 155. The molecule has 0 rings (SSSR count). The zero-order valence-electron chi connectivity index (χ0n) is 9.15. The van der Waals surface area contributed by atoms with Crippen molar-refractivity contribution in [3.8, 4) is 0 Å². The van der Waals surface area contributed by atoms with E-state index in [2.05, 4.69) is 31.0 Å². The molecule has 2 amide bonds. The van der Waals surface area contributed by atoms with Crippen LogP contribution in [0, 0.1) is 0 Å². The molecule has 0 bridgehead atoms. The van der Waals surface area contributed by atoms with Crippen LogP contribution in [0.1, 0.15) is 15.3 Å². The van der Waals surface area contributed by atoms with E-state index in [1.165, 1.54) is 0 Å². The van der Waals surface area contributed by atoms with Crippen molar-refractivity contribution in [2.24, 2.45) is 5.73 Å². The number of hydrogen-bond donors (Lipinski definition) is 3. The standard InChI is InChI=1S/C5H11NOS.CH3NOS.Li.H/c1-3-6(4-2)5(7)8;2-1(3)4;;/h3-4H2,1-2H3,(H,7,8);(H3,2,3,4);;/q;;+1;-1. The van der Waals surface area contributed by atoms with Crippen LogP contribution in [0.15, 0.2) is 0 Å². The van der Waals surface area contributed by atoms with Gasteiger partial charge in [-0.1, -0.05) is 25.3 Å². The normalized spacial score (nSPS) is 7.38. The average Bonchev–Trinajstić information content (AvgIpc) is 1.87. The van der Waals surface area contributed by atoms with E-state index in [4.69, 9.17) is 4.79 Å². The Morgan fingerprint density at radius 1 is 1.31 bits per heavy atom. The van der Waals surface area contributed by atoms with Gasteiger partial charge in [-0.2, -0.15) is 0 Å². The van der Waals surface area contributed by atoms with Crippen molar-refractivity contribution in [3.63, 3.8) is 0 Å². The van der Waals surface area contributed by atoms with E-state index >= 15 is 0 Å². The van der Waals surface area contributed by atoms with E-state index in [1.807, 2.05) is 13.8 Å². The number of carbonyl (C=O) groups is 2. The van der Waals surface area contributed by atoms with Gasteiger partial charge in [-0.3, -0.25) is 9.59 Å². The van der Waals surface area contributed by atoms with Crippen molar-refractivity contribution in [2.45, 2.75) is 13.8 Å². The van der Waals surface area contributed by atoms with Crippen LogP contribution in [0.5, 0.6) is 0 Å².